The van der Waals surface area contributed by atoms with E-state index in [4.69, 9.17) is 4.74 Å². The fourth-order valence-corrected chi connectivity index (χ4v) is 3.22. The number of benzene rings is 1. The summed E-state index contributed by atoms with van der Waals surface area (Å²) in [6, 6.07) is 5.04. The predicted octanol–water partition coefficient (Wildman–Crippen LogP) is 4.06. The molecule has 126 valence electrons. The highest BCUT2D eigenvalue weighted by molar-refractivity contribution is 5.98. The Morgan fingerprint density at radius 2 is 1.87 bits per heavy atom. The van der Waals surface area contributed by atoms with Gasteiger partial charge in [0.05, 0.1) is 12.2 Å². The van der Waals surface area contributed by atoms with Crippen molar-refractivity contribution in [3.8, 4) is 5.75 Å². The SMILES string of the molecule is O=C(c1cccc(OC(F)(F)C(F)F)c1)C1CC2CCC(C1)O2. The summed E-state index contributed by atoms with van der Waals surface area (Å²) >= 11 is 0. The first-order valence-electron chi connectivity index (χ1n) is 7.50. The zero-order valence-electron chi connectivity index (χ0n) is 12.2. The first-order valence-corrected chi connectivity index (χ1v) is 7.50. The molecule has 0 N–H and O–H groups in total. The third-order valence-electron chi connectivity index (χ3n) is 4.29. The molecule has 23 heavy (non-hydrogen) atoms. The topological polar surface area (TPSA) is 35.5 Å². The van der Waals surface area contributed by atoms with Gasteiger partial charge in [-0.1, -0.05) is 12.1 Å². The molecule has 2 heterocycles. The van der Waals surface area contributed by atoms with Crippen molar-refractivity contribution in [2.45, 2.75) is 50.4 Å². The second kappa shape index (κ2) is 6.11. The molecule has 7 heteroatoms. The molecular formula is C16H16F4O3. The van der Waals surface area contributed by atoms with E-state index < -0.39 is 18.3 Å². The molecule has 2 atom stereocenters. The zero-order chi connectivity index (χ0) is 16.6. The van der Waals surface area contributed by atoms with Gasteiger partial charge in [0.1, 0.15) is 5.75 Å². The van der Waals surface area contributed by atoms with Gasteiger partial charge in [-0.15, -0.1) is 0 Å². The molecule has 0 radical (unpaired) electrons. The molecule has 0 aromatic heterocycles. The van der Waals surface area contributed by atoms with Gasteiger partial charge in [0.2, 0.25) is 0 Å². The van der Waals surface area contributed by atoms with E-state index in [0.717, 1.165) is 25.0 Å². The van der Waals surface area contributed by atoms with Crippen LogP contribution < -0.4 is 4.74 Å². The molecule has 1 aromatic rings. The number of ether oxygens (including phenoxy) is 2. The maximum Gasteiger partial charge on any atom is 0.461 e. The average molecular weight is 332 g/mol. The smallest absolute Gasteiger partial charge is 0.428 e. The quantitative estimate of drug-likeness (QED) is 0.602. The molecule has 2 aliphatic heterocycles. The molecule has 3 rings (SSSR count). The Morgan fingerprint density at radius 1 is 1.22 bits per heavy atom. The van der Waals surface area contributed by atoms with E-state index in [1.54, 1.807) is 0 Å². The van der Waals surface area contributed by atoms with Gasteiger partial charge >= 0.3 is 12.5 Å². The van der Waals surface area contributed by atoms with Crippen LogP contribution in [0.15, 0.2) is 24.3 Å². The van der Waals surface area contributed by atoms with E-state index in [1.807, 2.05) is 0 Å². The third kappa shape index (κ3) is 3.49. The number of hydrogen-bond acceptors (Lipinski definition) is 3. The summed E-state index contributed by atoms with van der Waals surface area (Å²) < 4.78 is 60.0. The summed E-state index contributed by atoms with van der Waals surface area (Å²) in [5.41, 5.74) is 0.193. The second-order valence-electron chi connectivity index (χ2n) is 5.98. The van der Waals surface area contributed by atoms with Gasteiger partial charge in [-0.2, -0.15) is 17.6 Å². The first-order chi connectivity index (χ1) is 10.8. The molecule has 3 nitrogen and oxygen atoms in total. The summed E-state index contributed by atoms with van der Waals surface area (Å²) in [7, 11) is 0. The third-order valence-corrected chi connectivity index (χ3v) is 4.29. The zero-order valence-corrected chi connectivity index (χ0v) is 12.2. The van der Waals surface area contributed by atoms with Gasteiger partial charge < -0.3 is 9.47 Å². The largest absolute Gasteiger partial charge is 0.461 e. The number of hydrogen-bond donors (Lipinski definition) is 0. The number of carbonyl (C=O) groups excluding carboxylic acids is 1. The van der Waals surface area contributed by atoms with Crippen LogP contribution in [0.5, 0.6) is 5.75 Å². The van der Waals surface area contributed by atoms with Gasteiger partial charge in [-0.05, 0) is 37.8 Å². The molecule has 2 saturated heterocycles. The molecular weight excluding hydrogens is 316 g/mol. The maximum atomic E-state index is 13.0. The summed E-state index contributed by atoms with van der Waals surface area (Å²) in [5, 5.41) is 0. The highest BCUT2D eigenvalue weighted by Gasteiger charge is 2.44. The number of ketones is 1. The number of halogens is 4. The van der Waals surface area contributed by atoms with Gasteiger partial charge in [-0.3, -0.25) is 4.79 Å². The summed E-state index contributed by atoms with van der Waals surface area (Å²) in [5.74, 6) is -0.862. The highest BCUT2D eigenvalue weighted by atomic mass is 19.3. The Hall–Kier alpha value is -1.63. The van der Waals surface area contributed by atoms with E-state index >= 15 is 0 Å². The average Bonchev–Trinajstić information content (AvgIpc) is 2.84. The van der Waals surface area contributed by atoms with Crippen molar-refractivity contribution < 1.29 is 31.8 Å². The van der Waals surface area contributed by atoms with E-state index in [2.05, 4.69) is 4.74 Å². The molecule has 0 aliphatic carbocycles. The van der Waals surface area contributed by atoms with Crippen LogP contribution in [0.4, 0.5) is 17.6 Å². The van der Waals surface area contributed by atoms with Crippen molar-refractivity contribution >= 4 is 5.78 Å². The van der Waals surface area contributed by atoms with Crippen molar-refractivity contribution in [2.24, 2.45) is 5.92 Å². The molecule has 1 aromatic carbocycles. The summed E-state index contributed by atoms with van der Waals surface area (Å²) in [6.07, 6.45) is -5.31. The Balaban J connectivity index is 1.73. The van der Waals surface area contributed by atoms with E-state index in [-0.39, 0.29) is 29.5 Å². The molecule has 0 spiro atoms. The Bertz CT molecular complexity index is 578. The van der Waals surface area contributed by atoms with E-state index in [0.29, 0.717) is 12.8 Å². The fourth-order valence-electron chi connectivity index (χ4n) is 3.22. The van der Waals surface area contributed by atoms with Crippen LogP contribution in [-0.4, -0.2) is 30.5 Å². The van der Waals surface area contributed by atoms with Crippen molar-refractivity contribution in [2.75, 3.05) is 0 Å². The lowest BCUT2D eigenvalue weighted by atomic mass is 9.88. The van der Waals surface area contributed by atoms with E-state index in [9.17, 15) is 22.4 Å². The monoisotopic (exact) mass is 332 g/mol. The highest BCUT2D eigenvalue weighted by Crippen LogP contribution is 2.37. The number of fused-ring (bicyclic) bond motifs is 2. The van der Waals surface area contributed by atoms with Crippen molar-refractivity contribution in [3.63, 3.8) is 0 Å². The Morgan fingerprint density at radius 3 is 2.48 bits per heavy atom. The van der Waals surface area contributed by atoms with Crippen LogP contribution >= 0.6 is 0 Å². The van der Waals surface area contributed by atoms with Crippen molar-refractivity contribution in [3.05, 3.63) is 29.8 Å². The molecule has 0 saturated carbocycles. The van der Waals surface area contributed by atoms with Crippen LogP contribution in [-0.2, 0) is 4.74 Å². The van der Waals surface area contributed by atoms with E-state index in [1.165, 1.54) is 12.1 Å². The second-order valence-corrected chi connectivity index (χ2v) is 5.98. The van der Waals surface area contributed by atoms with Crippen LogP contribution in [0, 0.1) is 5.92 Å². The molecule has 2 fully saturated rings. The Kier molecular flexibility index (Phi) is 4.31. The Labute approximate surface area is 130 Å². The molecule has 2 unspecified atom stereocenters. The molecule has 0 amide bonds. The molecule has 2 aliphatic rings. The number of rotatable bonds is 5. The lowest BCUT2D eigenvalue weighted by Gasteiger charge is -2.27. The number of carbonyl (C=O) groups is 1. The number of alkyl halides is 4. The minimum absolute atomic E-state index is 0.0744. The minimum Gasteiger partial charge on any atom is -0.428 e. The van der Waals surface area contributed by atoms with Crippen molar-refractivity contribution in [1.82, 2.24) is 0 Å². The summed E-state index contributed by atoms with van der Waals surface area (Å²) in [4.78, 5) is 12.5. The first kappa shape index (κ1) is 16.2. The van der Waals surface area contributed by atoms with Crippen LogP contribution in [0.1, 0.15) is 36.0 Å². The van der Waals surface area contributed by atoms with Crippen LogP contribution in [0.3, 0.4) is 0 Å². The van der Waals surface area contributed by atoms with Gasteiger partial charge in [0, 0.05) is 11.5 Å². The minimum atomic E-state index is -4.58. The standard InChI is InChI=1S/C16H16F4O3/c17-15(18)16(19,20)23-13-3-1-2-9(6-13)14(21)10-7-11-4-5-12(8-10)22-11/h1-3,6,10-12,15H,4-5,7-8H2. The predicted molar refractivity (Wildman–Crippen MR) is 73.0 cm³/mol. The lowest BCUT2D eigenvalue weighted by molar-refractivity contribution is -0.253. The van der Waals surface area contributed by atoms with Gasteiger partial charge in [0.15, 0.2) is 5.78 Å². The lowest BCUT2D eigenvalue weighted by Crippen LogP contribution is -2.33. The fraction of sp³-hybridized carbons (Fsp3) is 0.562. The maximum absolute atomic E-state index is 13.0. The van der Waals surface area contributed by atoms with Gasteiger partial charge in [0.25, 0.3) is 0 Å². The van der Waals surface area contributed by atoms with Crippen LogP contribution in [0.2, 0.25) is 0 Å². The molecule has 2 bridgehead atoms. The normalized spacial score (nSPS) is 27.3. The summed E-state index contributed by atoms with van der Waals surface area (Å²) in [6.45, 7) is 0. The van der Waals surface area contributed by atoms with Crippen molar-refractivity contribution in [1.29, 1.82) is 0 Å². The van der Waals surface area contributed by atoms with Gasteiger partial charge in [-0.25, -0.2) is 0 Å². The van der Waals surface area contributed by atoms with Crippen LogP contribution in [0.25, 0.3) is 0 Å². The number of Topliss-reactive ketones (excluding diaryl/α,β-unsaturated/α-hetero) is 1.